The lowest BCUT2D eigenvalue weighted by Gasteiger charge is -2.36. The second-order valence-corrected chi connectivity index (χ2v) is 12.0. The zero-order chi connectivity index (χ0) is 24.8. The van der Waals surface area contributed by atoms with Gasteiger partial charge in [-0.25, -0.2) is 8.42 Å². The Morgan fingerprint density at radius 2 is 1.82 bits per heavy atom. The molecule has 0 bridgehead atoms. The van der Waals surface area contributed by atoms with Gasteiger partial charge in [-0.15, -0.1) is 11.3 Å². The predicted octanol–water partition coefficient (Wildman–Crippen LogP) is 3.42. The molecule has 6 nitrogen and oxygen atoms in total. The lowest BCUT2D eigenvalue weighted by atomic mass is 9.88. The third kappa shape index (κ3) is 4.70. The summed E-state index contributed by atoms with van der Waals surface area (Å²) in [5.74, 6) is 6.09. The highest BCUT2D eigenvalue weighted by molar-refractivity contribution is 7.91. The van der Waals surface area contributed by atoms with E-state index in [2.05, 4.69) is 11.8 Å². The highest BCUT2D eigenvalue weighted by atomic mass is 32.2. The van der Waals surface area contributed by atoms with Crippen LogP contribution in [0.3, 0.4) is 0 Å². The van der Waals surface area contributed by atoms with Crippen molar-refractivity contribution in [2.45, 2.75) is 29.8 Å². The maximum absolute atomic E-state index is 13.4. The van der Waals surface area contributed by atoms with Crippen molar-refractivity contribution < 1.29 is 31.4 Å². The van der Waals surface area contributed by atoms with Gasteiger partial charge in [0.25, 0.3) is 10.0 Å². The quantitative estimate of drug-likeness (QED) is 0.634. The number of hydrogen-bond acceptors (Lipinski definition) is 6. The van der Waals surface area contributed by atoms with Gasteiger partial charge in [-0.05, 0) is 43.0 Å². The van der Waals surface area contributed by atoms with Crippen LogP contribution in [0.4, 0.5) is 18.9 Å². The number of nitrogens with zero attached hydrogens (tertiary/aromatic N) is 2. The van der Waals surface area contributed by atoms with E-state index < -0.39 is 21.8 Å². The summed E-state index contributed by atoms with van der Waals surface area (Å²) in [4.78, 5) is 1.91. The molecule has 0 amide bonds. The molecule has 2 aliphatic rings. The Bertz CT molecular complexity index is 1200. The fraction of sp³-hybridized carbons (Fsp3) is 0.478. The first-order chi connectivity index (χ1) is 15.8. The average Bonchev–Trinajstić information content (AvgIpc) is 3.31. The van der Waals surface area contributed by atoms with E-state index in [9.17, 15) is 26.7 Å². The molecule has 1 N–H and O–H groups in total. The molecule has 0 spiro atoms. The summed E-state index contributed by atoms with van der Waals surface area (Å²) >= 11 is 1.16. The van der Waals surface area contributed by atoms with Crippen molar-refractivity contribution in [2.75, 3.05) is 44.3 Å². The van der Waals surface area contributed by atoms with Crippen LogP contribution < -0.4 is 4.90 Å². The van der Waals surface area contributed by atoms with Crippen LogP contribution >= 0.6 is 11.3 Å². The molecule has 34 heavy (non-hydrogen) atoms. The predicted molar refractivity (Wildman–Crippen MR) is 123 cm³/mol. The number of anilines is 1. The molecule has 2 aromatic rings. The van der Waals surface area contributed by atoms with Crippen molar-refractivity contribution in [1.29, 1.82) is 0 Å². The third-order valence-electron chi connectivity index (χ3n) is 6.12. The summed E-state index contributed by atoms with van der Waals surface area (Å²) in [6.07, 6.45) is -4.85. The first-order valence-electron chi connectivity index (χ1n) is 10.7. The molecule has 0 aliphatic carbocycles. The SMILES string of the molecule is CC1(C#Cc2cc(C(C)(O)C(F)(F)F)ccc2N2CCN(S(=O)(=O)c3cccs3)CC2)COC1. The van der Waals surface area contributed by atoms with Crippen molar-refractivity contribution in [3.8, 4) is 11.8 Å². The molecular formula is C23H25F3N2O4S2. The number of thiophene rings is 1. The standard InChI is InChI=1S/C23H25F3N2O4S2/c1-21(15-32-16-21)8-7-17-14-18(22(2,29)23(24,25)26)5-6-19(17)27-9-11-28(12-10-27)34(30,31)20-4-3-13-33-20/h3-6,13-14,29H,9-12,15-16H2,1-2H3. The van der Waals surface area contributed by atoms with Gasteiger partial charge in [-0.2, -0.15) is 17.5 Å². The van der Waals surface area contributed by atoms with E-state index in [1.165, 1.54) is 22.5 Å². The lowest BCUT2D eigenvalue weighted by Crippen LogP contribution is -2.48. The number of rotatable bonds is 4. The number of aliphatic hydroxyl groups is 1. The van der Waals surface area contributed by atoms with E-state index in [4.69, 9.17) is 4.74 Å². The summed E-state index contributed by atoms with van der Waals surface area (Å²) in [6.45, 7) is 4.69. The summed E-state index contributed by atoms with van der Waals surface area (Å²) in [7, 11) is -3.58. The van der Waals surface area contributed by atoms with Crippen LogP contribution in [0.15, 0.2) is 39.9 Å². The summed E-state index contributed by atoms with van der Waals surface area (Å²) in [5, 5.41) is 11.9. The van der Waals surface area contributed by atoms with Gasteiger partial charge < -0.3 is 14.7 Å². The van der Waals surface area contributed by atoms with Crippen LogP contribution in [-0.4, -0.2) is 63.4 Å². The Morgan fingerprint density at radius 1 is 1.15 bits per heavy atom. The minimum Gasteiger partial charge on any atom is -0.378 e. The maximum Gasteiger partial charge on any atom is 0.421 e. The lowest BCUT2D eigenvalue weighted by molar-refractivity contribution is -0.258. The molecule has 1 aromatic carbocycles. The van der Waals surface area contributed by atoms with Crippen molar-refractivity contribution >= 4 is 27.0 Å². The van der Waals surface area contributed by atoms with Gasteiger partial charge in [0.2, 0.25) is 0 Å². The average molecular weight is 515 g/mol. The first kappa shape index (κ1) is 25.0. The molecule has 2 aliphatic heterocycles. The van der Waals surface area contributed by atoms with Crippen LogP contribution in [0.1, 0.15) is 25.0 Å². The highest BCUT2D eigenvalue weighted by Crippen LogP contribution is 2.40. The summed E-state index contributed by atoms with van der Waals surface area (Å²) < 4.78 is 72.8. The zero-order valence-electron chi connectivity index (χ0n) is 18.7. The number of piperazine rings is 1. The molecule has 4 rings (SSSR count). The van der Waals surface area contributed by atoms with Crippen LogP contribution in [0.5, 0.6) is 0 Å². The van der Waals surface area contributed by atoms with Crippen LogP contribution in [0.25, 0.3) is 0 Å². The topological polar surface area (TPSA) is 70.1 Å². The number of hydrogen-bond donors (Lipinski definition) is 1. The Morgan fingerprint density at radius 3 is 2.35 bits per heavy atom. The molecular weight excluding hydrogens is 489 g/mol. The highest BCUT2D eigenvalue weighted by Gasteiger charge is 2.51. The molecule has 1 atom stereocenters. The van der Waals surface area contributed by atoms with Gasteiger partial charge in [0.15, 0.2) is 5.60 Å². The second kappa shape index (κ2) is 8.84. The van der Waals surface area contributed by atoms with E-state index in [0.717, 1.165) is 11.3 Å². The number of halogens is 3. The van der Waals surface area contributed by atoms with Crippen molar-refractivity contribution in [3.63, 3.8) is 0 Å². The van der Waals surface area contributed by atoms with Gasteiger partial charge >= 0.3 is 6.18 Å². The van der Waals surface area contributed by atoms with Gasteiger partial charge in [0.1, 0.15) is 4.21 Å². The number of benzene rings is 1. The minimum absolute atomic E-state index is 0.237. The molecule has 0 saturated carbocycles. The van der Waals surface area contributed by atoms with Crippen molar-refractivity contribution in [3.05, 3.63) is 46.8 Å². The van der Waals surface area contributed by atoms with E-state index in [1.807, 2.05) is 11.8 Å². The fourth-order valence-corrected chi connectivity index (χ4v) is 6.35. The normalized spacial score (nSPS) is 20.7. The molecule has 11 heteroatoms. The Kier molecular flexibility index (Phi) is 6.50. The molecule has 1 unspecified atom stereocenters. The number of sulfonamides is 1. The number of alkyl halides is 3. The van der Waals surface area contributed by atoms with E-state index >= 15 is 0 Å². The van der Waals surface area contributed by atoms with E-state index in [1.54, 1.807) is 17.5 Å². The van der Waals surface area contributed by atoms with Gasteiger partial charge in [0.05, 0.1) is 24.3 Å². The minimum atomic E-state index is -4.85. The van der Waals surface area contributed by atoms with Crippen molar-refractivity contribution in [2.24, 2.45) is 5.41 Å². The largest absolute Gasteiger partial charge is 0.421 e. The van der Waals surface area contributed by atoms with Gasteiger partial charge in [-0.3, -0.25) is 0 Å². The Labute approximate surface area is 201 Å². The number of ether oxygens (including phenoxy) is 1. The molecule has 2 fully saturated rings. The van der Waals surface area contributed by atoms with E-state index in [-0.39, 0.29) is 28.3 Å². The van der Waals surface area contributed by atoms with E-state index in [0.29, 0.717) is 44.5 Å². The fourth-order valence-electron chi connectivity index (χ4n) is 3.78. The molecule has 1 aromatic heterocycles. The third-order valence-corrected chi connectivity index (χ3v) is 9.39. The maximum atomic E-state index is 13.4. The van der Waals surface area contributed by atoms with Crippen LogP contribution in [0, 0.1) is 17.3 Å². The van der Waals surface area contributed by atoms with Crippen LogP contribution in [-0.2, 0) is 20.4 Å². The first-order valence-corrected chi connectivity index (χ1v) is 13.0. The Hall–Kier alpha value is -2.10. The zero-order valence-corrected chi connectivity index (χ0v) is 20.4. The molecule has 184 valence electrons. The monoisotopic (exact) mass is 514 g/mol. The second-order valence-electron chi connectivity index (χ2n) is 8.93. The van der Waals surface area contributed by atoms with Crippen LogP contribution in [0.2, 0.25) is 0 Å². The molecule has 3 heterocycles. The molecule has 2 saturated heterocycles. The van der Waals surface area contributed by atoms with Gasteiger partial charge in [-0.1, -0.05) is 24.0 Å². The smallest absolute Gasteiger partial charge is 0.378 e. The Balaban J connectivity index is 1.62. The molecule has 0 radical (unpaired) electrons. The summed E-state index contributed by atoms with van der Waals surface area (Å²) in [5.41, 5.74) is -2.76. The summed E-state index contributed by atoms with van der Waals surface area (Å²) in [6, 6.07) is 7.28. The van der Waals surface area contributed by atoms with Gasteiger partial charge in [0, 0.05) is 31.7 Å². The van der Waals surface area contributed by atoms with Crippen molar-refractivity contribution in [1.82, 2.24) is 4.31 Å².